The summed E-state index contributed by atoms with van der Waals surface area (Å²) in [6.45, 7) is 2.31. The molecule has 6 heteroatoms. The van der Waals surface area contributed by atoms with Gasteiger partial charge in [0.2, 0.25) is 0 Å². The lowest BCUT2D eigenvalue weighted by molar-refractivity contribution is -0.110. The molecule has 1 aliphatic rings. The molecule has 1 fully saturated rings. The van der Waals surface area contributed by atoms with Crippen LogP contribution in [0.25, 0.3) is 0 Å². The first kappa shape index (κ1) is 11.8. The summed E-state index contributed by atoms with van der Waals surface area (Å²) in [7, 11) is -3.46. The number of rotatable bonds is 3. The van der Waals surface area contributed by atoms with Crippen molar-refractivity contribution in [3.63, 3.8) is 0 Å². The van der Waals surface area contributed by atoms with Crippen LogP contribution in [0.4, 0.5) is 0 Å². The highest BCUT2D eigenvalue weighted by Gasteiger charge is 2.35. The lowest BCUT2D eigenvalue weighted by Crippen LogP contribution is -2.35. The second-order valence-corrected chi connectivity index (χ2v) is 7.23. The summed E-state index contributed by atoms with van der Waals surface area (Å²) in [6, 6.07) is 2.91. The molecule has 1 aromatic rings. The molecular weight excluding hydrogens is 246 g/mol. The summed E-state index contributed by atoms with van der Waals surface area (Å²) in [5.74, 6) is 0. The number of aldehydes is 1. The predicted molar refractivity (Wildman–Crippen MR) is 62.0 cm³/mol. The average Bonchev–Trinajstić information content (AvgIpc) is 2.85. The minimum absolute atomic E-state index is 0.332. The van der Waals surface area contributed by atoms with E-state index in [4.69, 9.17) is 0 Å². The van der Waals surface area contributed by atoms with Gasteiger partial charge >= 0.3 is 0 Å². The molecule has 0 saturated carbocycles. The molecule has 0 N–H and O–H groups in total. The summed E-state index contributed by atoms with van der Waals surface area (Å²) in [5, 5.41) is 0. The molecule has 0 aromatic carbocycles. The summed E-state index contributed by atoms with van der Waals surface area (Å²) in [5.41, 5.74) is 0. The van der Waals surface area contributed by atoms with E-state index in [2.05, 4.69) is 0 Å². The second-order valence-electron chi connectivity index (χ2n) is 3.83. The van der Waals surface area contributed by atoms with E-state index in [1.165, 1.54) is 15.6 Å². The van der Waals surface area contributed by atoms with Crippen LogP contribution in [0.3, 0.4) is 0 Å². The highest BCUT2D eigenvalue weighted by molar-refractivity contribution is 7.91. The molecular formula is C10H13NO3S2. The Hall–Kier alpha value is -0.720. The van der Waals surface area contributed by atoms with E-state index in [1.54, 1.807) is 12.1 Å². The van der Waals surface area contributed by atoms with Gasteiger partial charge in [-0.1, -0.05) is 0 Å². The zero-order valence-electron chi connectivity index (χ0n) is 8.92. The Balaban J connectivity index is 2.35. The molecule has 1 atom stereocenters. The van der Waals surface area contributed by atoms with Gasteiger partial charge in [-0.2, -0.15) is 4.31 Å². The molecule has 88 valence electrons. The van der Waals surface area contributed by atoms with Gasteiger partial charge in [0.1, 0.15) is 10.5 Å². The predicted octanol–water partition coefficient (Wildman–Crippen LogP) is 1.41. The number of sulfonamides is 1. The normalized spacial score (nSPS) is 22.4. The van der Waals surface area contributed by atoms with Crippen LogP contribution < -0.4 is 0 Å². The van der Waals surface area contributed by atoms with Crippen LogP contribution in [0.5, 0.6) is 0 Å². The molecule has 1 aliphatic heterocycles. The van der Waals surface area contributed by atoms with Crippen LogP contribution >= 0.6 is 11.3 Å². The number of carbonyl (C=O) groups excluding carboxylic acids is 1. The SMILES string of the molecule is Cc1ccc(S(=O)(=O)N2CCCC2C=O)s1. The van der Waals surface area contributed by atoms with Crippen molar-refractivity contribution in [1.29, 1.82) is 0 Å². The summed E-state index contributed by atoms with van der Waals surface area (Å²) in [4.78, 5) is 11.8. The molecule has 0 amide bonds. The molecule has 0 aliphatic carbocycles. The molecule has 4 nitrogen and oxygen atoms in total. The van der Waals surface area contributed by atoms with E-state index in [0.29, 0.717) is 17.2 Å². The Morgan fingerprint density at radius 2 is 2.25 bits per heavy atom. The molecule has 0 spiro atoms. The van der Waals surface area contributed by atoms with Gasteiger partial charge in [0.25, 0.3) is 10.0 Å². The van der Waals surface area contributed by atoms with Gasteiger partial charge in [0, 0.05) is 11.4 Å². The molecule has 0 radical (unpaired) electrons. The van der Waals surface area contributed by atoms with Crippen molar-refractivity contribution in [3.05, 3.63) is 17.0 Å². The first-order valence-corrected chi connectivity index (χ1v) is 7.35. The average molecular weight is 259 g/mol. The first-order valence-electron chi connectivity index (χ1n) is 5.09. The van der Waals surface area contributed by atoms with E-state index in [-0.39, 0.29) is 0 Å². The topological polar surface area (TPSA) is 54.5 Å². The molecule has 2 heterocycles. The first-order chi connectivity index (χ1) is 7.55. The Labute approximate surface area is 98.9 Å². The van der Waals surface area contributed by atoms with Crippen molar-refractivity contribution in [2.45, 2.75) is 30.0 Å². The van der Waals surface area contributed by atoms with Crippen molar-refractivity contribution >= 4 is 27.6 Å². The molecule has 1 unspecified atom stereocenters. The molecule has 16 heavy (non-hydrogen) atoms. The van der Waals surface area contributed by atoms with Crippen LogP contribution in [0.15, 0.2) is 16.3 Å². The Kier molecular flexibility index (Phi) is 3.14. The third-order valence-corrected chi connectivity index (χ3v) is 6.08. The number of hydrogen-bond acceptors (Lipinski definition) is 4. The molecule has 1 saturated heterocycles. The molecule has 0 bridgehead atoms. The largest absolute Gasteiger partial charge is 0.302 e. The van der Waals surface area contributed by atoms with Gasteiger partial charge in [0.05, 0.1) is 6.04 Å². The van der Waals surface area contributed by atoms with Gasteiger partial charge < -0.3 is 4.79 Å². The van der Waals surface area contributed by atoms with Crippen molar-refractivity contribution < 1.29 is 13.2 Å². The summed E-state index contributed by atoms with van der Waals surface area (Å²) < 4.78 is 26.0. The van der Waals surface area contributed by atoms with E-state index in [0.717, 1.165) is 17.6 Å². The second kappa shape index (κ2) is 4.27. The number of carbonyl (C=O) groups is 1. The van der Waals surface area contributed by atoms with Crippen molar-refractivity contribution in [3.8, 4) is 0 Å². The maximum absolute atomic E-state index is 12.2. The van der Waals surface area contributed by atoms with Crippen LogP contribution in [0.2, 0.25) is 0 Å². The third kappa shape index (κ3) is 1.92. The van der Waals surface area contributed by atoms with E-state index < -0.39 is 16.1 Å². The minimum atomic E-state index is -3.46. The smallest absolute Gasteiger partial charge is 0.253 e. The van der Waals surface area contributed by atoms with Gasteiger partial charge in [-0.05, 0) is 31.9 Å². The van der Waals surface area contributed by atoms with Gasteiger partial charge in [-0.25, -0.2) is 8.42 Å². The summed E-state index contributed by atoms with van der Waals surface area (Å²) >= 11 is 1.25. The third-order valence-electron chi connectivity index (χ3n) is 2.68. The lowest BCUT2D eigenvalue weighted by atomic mass is 10.2. The summed E-state index contributed by atoms with van der Waals surface area (Å²) in [6.07, 6.45) is 2.12. The Morgan fingerprint density at radius 1 is 1.50 bits per heavy atom. The highest BCUT2D eigenvalue weighted by atomic mass is 32.2. The number of thiophene rings is 1. The van der Waals surface area contributed by atoms with Crippen molar-refractivity contribution in [2.75, 3.05) is 6.54 Å². The van der Waals surface area contributed by atoms with E-state index >= 15 is 0 Å². The van der Waals surface area contributed by atoms with Crippen molar-refractivity contribution in [1.82, 2.24) is 4.31 Å². The maximum atomic E-state index is 12.2. The van der Waals surface area contributed by atoms with Gasteiger partial charge in [-0.15, -0.1) is 11.3 Å². The highest BCUT2D eigenvalue weighted by Crippen LogP contribution is 2.29. The monoisotopic (exact) mass is 259 g/mol. The Bertz CT molecular complexity index is 492. The van der Waals surface area contributed by atoms with Gasteiger partial charge in [-0.3, -0.25) is 0 Å². The number of hydrogen-bond donors (Lipinski definition) is 0. The molecule has 1 aromatic heterocycles. The van der Waals surface area contributed by atoms with Crippen LogP contribution in [0, 0.1) is 6.92 Å². The van der Waals surface area contributed by atoms with Crippen LogP contribution in [-0.4, -0.2) is 31.6 Å². The van der Waals surface area contributed by atoms with E-state index in [1.807, 2.05) is 6.92 Å². The Morgan fingerprint density at radius 3 is 2.81 bits per heavy atom. The van der Waals surface area contributed by atoms with Gasteiger partial charge in [0.15, 0.2) is 0 Å². The lowest BCUT2D eigenvalue weighted by Gasteiger charge is -2.18. The quantitative estimate of drug-likeness (QED) is 0.771. The standard InChI is InChI=1S/C10H13NO3S2/c1-8-4-5-10(15-8)16(13,14)11-6-2-3-9(11)7-12/h4-5,7,9H,2-3,6H2,1H3. The fourth-order valence-electron chi connectivity index (χ4n) is 1.87. The van der Waals surface area contributed by atoms with Crippen LogP contribution in [-0.2, 0) is 14.8 Å². The minimum Gasteiger partial charge on any atom is -0.302 e. The zero-order valence-corrected chi connectivity index (χ0v) is 10.6. The van der Waals surface area contributed by atoms with E-state index in [9.17, 15) is 13.2 Å². The maximum Gasteiger partial charge on any atom is 0.253 e. The zero-order chi connectivity index (χ0) is 11.8. The number of aryl methyl sites for hydroxylation is 1. The van der Waals surface area contributed by atoms with Crippen LogP contribution in [0.1, 0.15) is 17.7 Å². The molecule has 2 rings (SSSR count). The fraction of sp³-hybridized carbons (Fsp3) is 0.500. The van der Waals surface area contributed by atoms with Crippen molar-refractivity contribution in [2.24, 2.45) is 0 Å². The number of nitrogens with zero attached hydrogens (tertiary/aromatic N) is 1. The fourth-order valence-corrected chi connectivity index (χ4v) is 4.91.